The van der Waals surface area contributed by atoms with E-state index < -0.39 is 0 Å². The summed E-state index contributed by atoms with van der Waals surface area (Å²) in [6.07, 6.45) is 0. The fourth-order valence-corrected chi connectivity index (χ4v) is 1.42. The first-order chi connectivity index (χ1) is 6.45. The van der Waals surface area contributed by atoms with Crippen LogP contribution in [0, 0.1) is 5.92 Å². The van der Waals surface area contributed by atoms with E-state index in [0.717, 1.165) is 0 Å². The minimum Gasteiger partial charge on any atom is -0.397 e. The molecule has 5 heteroatoms. The molecule has 0 atom stereocenters. The van der Waals surface area contributed by atoms with E-state index >= 15 is 0 Å². The van der Waals surface area contributed by atoms with Gasteiger partial charge in [0.25, 0.3) is 0 Å². The maximum atomic E-state index is 11.6. The highest BCUT2D eigenvalue weighted by Gasteiger charge is 2.16. The van der Waals surface area contributed by atoms with Crippen LogP contribution in [0.15, 0.2) is 12.1 Å². The van der Waals surface area contributed by atoms with Crippen LogP contribution in [-0.4, -0.2) is 5.78 Å². The Labute approximate surface area is 105 Å². The molecule has 1 rings (SSSR count). The molecule has 84 valence electrons. The molecule has 2 nitrogen and oxygen atoms in total. The lowest BCUT2D eigenvalue weighted by atomic mass is 10.00. The van der Waals surface area contributed by atoms with E-state index in [4.69, 9.17) is 28.9 Å². The molecule has 1 aromatic carbocycles. The average molecular weight is 269 g/mol. The van der Waals surface area contributed by atoms with Crippen LogP contribution in [0.1, 0.15) is 24.2 Å². The number of anilines is 1. The van der Waals surface area contributed by atoms with Crippen LogP contribution in [0.4, 0.5) is 5.69 Å². The summed E-state index contributed by atoms with van der Waals surface area (Å²) in [7, 11) is 0. The van der Waals surface area contributed by atoms with E-state index in [1.54, 1.807) is 12.1 Å². The summed E-state index contributed by atoms with van der Waals surface area (Å²) in [6.45, 7) is 3.62. The molecule has 0 fully saturated rings. The molecule has 0 saturated heterocycles. The van der Waals surface area contributed by atoms with Gasteiger partial charge >= 0.3 is 0 Å². The number of ketones is 1. The Morgan fingerprint density at radius 2 is 1.87 bits per heavy atom. The van der Waals surface area contributed by atoms with Gasteiger partial charge in [-0.15, -0.1) is 12.4 Å². The van der Waals surface area contributed by atoms with E-state index in [1.165, 1.54) is 0 Å². The van der Waals surface area contributed by atoms with Crippen LogP contribution in [0.25, 0.3) is 0 Å². The number of benzene rings is 1. The van der Waals surface area contributed by atoms with Crippen molar-refractivity contribution in [3.8, 4) is 0 Å². The SMILES string of the molecule is CC(C)C(=O)c1ccc(Cl)c(Cl)c1N.Cl. The van der Waals surface area contributed by atoms with E-state index in [0.29, 0.717) is 10.6 Å². The van der Waals surface area contributed by atoms with Crippen LogP contribution in [0.5, 0.6) is 0 Å². The topological polar surface area (TPSA) is 43.1 Å². The molecule has 0 aliphatic rings. The van der Waals surface area contributed by atoms with Crippen molar-refractivity contribution in [2.24, 2.45) is 5.92 Å². The summed E-state index contributed by atoms with van der Waals surface area (Å²) >= 11 is 11.6. The van der Waals surface area contributed by atoms with Gasteiger partial charge in [-0.2, -0.15) is 0 Å². The highest BCUT2D eigenvalue weighted by atomic mass is 35.5. The summed E-state index contributed by atoms with van der Waals surface area (Å²) in [5.41, 5.74) is 6.39. The molecule has 15 heavy (non-hydrogen) atoms. The largest absolute Gasteiger partial charge is 0.397 e. The second kappa shape index (κ2) is 5.59. The van der Waals surface area contributed by atoms with Crippen molar-refractivity contribution in [2.75, 3.05) is 5.73 Å². The van der Waals surface area contributed by atoms with Crippen molar-refractivity contribution in [3.05, 3.63) is 27.7 Å². The standard InChI is InChI=1S/C10H11Cl2NO.ClH/c1-5(2)10(14)6-3-4-7(11)8(12)9(6)13;/h3-5H,13H2,1-2H3;1H. The molecule has 0 heterocycles. The van der Waals surface area contributed by atoms with Crippen LogP contribution in [0.2, 0.25) is 10.0 Å². The Morgan fingerprint density at radius 3 is 2.33 bits per heavy atom. The first-order valence-corrected chi connectivity index (χ1v) is 4.98. The van der Waals surface area contributed by atoms with Crippen molar-refractivity contribution in [3.63, 3.8) is 0 Å². The van der Waals surface area contributed by atoms with E-state index in [-0.39, 0.29) is 34.8 Å². The molecule has 0 amide bonds. The highest BCUT2D eigenvalue weighted by Crippen LogP contribution is 2.31. The zero-order valence-corrected chi connectivity index (χ0v) is 10.7. The number of carbonyl (C=O) groups excluding carboxylic acids is 1. The van der Waals surface area contributed by atoms with E-state index in [2.05, 4.69) is 0 Å². The van der Waals surface area contributed by atoms with E-state index in [9.17, 15) is 4.79 Å². The summed E-state index contributed by atoms with van der Waals surface area (Å²) in [5.74, 6) is -0.129. The third kappa shape index (κ3) is 3.00. The molecule has 0 spiro atoms. The summed E-state index contributed by atoms with van der Waals surface area (Å²) in [4.78, 5) is 11.6. The maximum Gasteiger partial charge on any atom is 0.167 e. The molecule has 0 aliphatic carbocycles. The maximum absolute atomic E-state index is 11.6. The molecule has 2 N–H and O–H groups in total. The lowest BCUT2D eigenvalue weighted by Crippen LogP contribution is -2.10. The van der Waals surface area contributed by atoms with Crippen molar-refractivity contribution >= 4 is 47.1 Å². The first kappa shape index (κ1) is 14.6. The highest BCUT2D eigenvalue weighted by molar-refractivity contribution is 6.44. The van der Waals surface area contributed by atoms with Crippen molar-refractivity contribution in [2.45, 2.75) is 13.8 Å². The zero-order valence-electron chi connectivity index (χ0n) is 8.38. The fraction of sp³-hybridized carbons (Fsp3) is 0.300. The number of nitrogen functional groups attached to an aromatic ring is 1. The Morgan fingerprint density at radius 1 is 1.33 bits per heavy atom. The predicted molar refractivity (Wildman–Crippen MR) is 67.3 cm³/mol. The zero-order chi connectivity index (χ0) is 10.9. The Kier molecular flexibility index (Phi) is 5.43. The second-order valence-corrected chi connectivity index (χ2v) is 4.13. The number of halogens is 3. The average Bonchev–Trinajstić information content (AvgIpc) is 2.13. The van der Waals surface area contributed by atoms with Crippen molar-refractivity contribution < 1.29 is 4.79 Å². The van der Waals surface area contributed by atoms with Gasteiger partial charge in [-0.3, -0.25) is 4.79 Å². The predicted octanol–water partition coefficient (Wildman–Crippen LogP) is 3.84. The lowest BCUT2D eigenvalue weighted by molar-refractivity contribution is 0.0940. The van der Waals surface area contributed by atoms with Crippen LogP contribution < -0.4 is 5.73 Å². The molecule has 0 radical (unpaired) electrons. The Bertz CT molecular complexity index is 377. The van der Waals surface area contributed by atoms with Crippen LogP contribution >= 0.6 is 35.6 Å². The van der Waals surface area contributed by atoms with Crippen molar-refractivity contribution in [1.82, 2.24) is 0 Å². The summed E-state index contributed by atoms with van der Waals surface area (Å²) in [6, 6.07) is 3.18. The molecular weight excluding hydrogens is 256 g/mol. The van der Waals surface area contributed by atoms with Gasteiger partial charge < -0.3 is 5.73 Å². The number of Topliss-reactive ketones (excluding diaryl/α,β-unsaturated/α-hetero) is 1. The Hall–Kier alpha value is -0.440. The third-order valence-corrected chi connectivity index (χ3v) is 2.74. The molecule has 0 saturated carbocycles. The smallest absolute Gasteiger partial charge is 0.167 e. The lowest BCUT2D eigenvalue weighted by Gasteiger charge is -2.09. The van der Waals surface area contributed by atoms with Gasteiger partial charge in [0, 0.05) is 11.5 Å². The van der Waals surface area contributed by atoms with Gasteiger partial charge in [0.05, 0.1) is 15.7 Å². The second-order valence-electron chi connectivity index (χ2n) is 3.34. The molecule has 0 bridgehead atoms. The number of carbonyl (C=O) groups is 1. The van der Waals surface area contributed by atoms with Crippen LogP contribution in [-0.2, 0) is 0 Å². The first-order valence-electron chi connectivity index (χ1n) is 4.22. The van der Waals surface area contributed by atoms with Crippen LogP contribution in [0.3, 0.4) is 0 Å². The van der Waals surface area contributed by atoms with Gasteiger partial charge in [0.1, 0.15) is 0 Å². The monoisotopic (exact) mass is 267 g/mol. The number of hydrogen-bond acceptors (Lipinski definition) is 2. The van der Waals surface area contributed by atoms with Gasteiger partial charge in [-0.05, 0) is 12.1 Å². The number of rotatable bonds is 2. The quantitative estimate of drug-likeness (QED) is 0.654. The fourth-order valence-electron chi connectivity index (χ4n) is 1.09. The van der Waals surface area contributed by atoms with Crippen molar-refractivity contribution in [1.29, 1.82) is 0 Å². The normalized spacial score (nSPS) is 9.93. The van der Waals surface area contributed by atoms with Gasteiger partial charge in [0.2, 0.25) is 0 Å². The Balaban J connectivity index is 0.00000196. The molecule has 0 aliphatic heterocycles. The minimum absolute atomic E-state index is 0. The molecule has 0 unspecified atom stereocenters. The third-order valence-electron chi connectivity index (χ3n) is 1.92. The molecule has 1 aromatic rings. The summed E-state index contributed by atoms with van der Waals surface area (Å²) < 4.78 is 0. The van der Waals surface area contributed by atoms with Gasteiger partial charge in [-0.1, -0.05) is 37.0 Å². The van der Waals surface area contributed by atoms with E-state index in [1.807, 2.05) is 13.8 Å². The molecule has 0 aromatic heterocycles. The molecular formula is C10H12Cl3NO. The minimum atomic E-state index is -0.102. The van der Waals surface area contributed by atoms with Gasteiger partial charge in [-0.25, -0.2) is 0 Å². The van der Waals surface area contributed by atoms with Gasteiger partial charge in [0.15, 0.2) is 5.78 Å². The summed E-state index contributed by atoms with van der Waals surface area (Å²) in [5, 5.41) is 0.614. The number of hydrogen-bond donors (Lipinski definition) is 1. The number of nitrogens with two attached hydrogens (primary N) is 1.